The van der Waals surface area contributed by atoms with Gasteiger partial charge in [0.25, 0.3) is 5.91 Å². The number of nitro benzene ring substituents is 1. The third-order valence-electron chi connectivity index (χ3n) is 5.05. The second kappa shape index (κ2) is 10.4. The molecule has 0 aliphatic carbocycles. The van der Waals surface area contributed by atoms with Gasteiger partial charge in [0.05, 0.1) is 33.2 Å². The Balaban J connectivity index is 1.59. The zero-order chi connectivity index (χ0) is 26.9. The number of nitro groups is 1. The van der Waals surface area contributed by atoms with E-state index >= 15 is 0 Å². The minimum Gasteiger partial charge on any atom is -0.495 e. The van der Waals surface area contributed by atoms with Crippen molar-refractivity contribution in [3.8, 4) is 17.2 Å². The van der Waals surface area contributed by atoms with Gasteiger partial charge in [-0.25, -0.2) is 0 Å². The fraction of sp³-hybridized carbons (Fsp3) is 0.0833. The third-order valence-corrected chi connectivity index (χ3v) is 6.65. The molecule has 1 aliphatic rings. The molecular formula is C24H14ClF3N2O5S2. The number of alkyl halides is 3. The van der Waals surface area contributed by atoms with Gasteiger partial charge < -0.3 is 9.47 Å². The smallest absolute Gasteiger partial charge is 0.416 e. The zero-order valence-corrected chi connectivity index (χ0v) is 21.0. The van der Waals surface area contributed by atoms with Crippen LogP contribution in [0.5, 0.6) is 17.2 Å². The summed E-state index contributed by atoms with van der Waals surface area (Å²) in [6.07, 6.45) is -3.19. The Morgan fingerprint density at radius 1 is 1.11 bits per heavy atom. The average molecular weight is 567 g/mol. The van der Waals surface area contributed by atoms with Gasteiger partial charge in [-0.05, 0) is 54.1 Å². The number of thiocarbonyl (C=S) groups is 1. The maximum atomic E-state index is 13.1. The lowest BCUT2D eigenvalue weighted by Crippen LogP contribution is -2.27. The fourth-order valence-corrected chi connectivity index (χ4v) is 4.90. The van der Waals surface area contributed by atoms with E-state index in [0.717, 1.165) is 17.8 Å². The maximum absolute atomic E-state index is 13.1. The second-order valence-corrected chi connectivity index (χ2v) is 9.53. The van der Waals surface area contributed by atoms with Crippen molar-refractivity contribution in [2.75, 3.05) is 12.0 Å². The van der Waals surface area contributed by atoms with Crippen molar-refractivity contribution in [1.29, 1.82) is 0 Å². The molecule has 3 aromatic carbocycles. The number of hydrogen-bond acceptors (Lipinski definition) is 7. The largest absolute Gasteiger partial charge is 0.495 e. The first-order valence-electron chi connectivity index (χ1n) is 10.2. The molecule has 37 heavy (non-hydrogen) atoms. The number of carbonyl (C=O) groups excluding carboxylic acids is 1. The second-order valence-electron chi connectivity index (χ2n) is 7.45. The highest BCUT2D eigenvalue weighted by Gasteiger charge is 2.34. The van der Waals surface area contributed by atoms with Gasteiger partial charge in [0.1, 0.15) is 11.5 Å². The Labute approximate surface area is 222 Å². The molecule has 1 heterocycles. The number of nitrogens with zero attached hydrogens (tertiary/aromatic N) is 2. The highest BCUT2D eigenvalue weighted by molar-refractivity contribution is 8.27. The van der Waals surface area contributed by atoms with Gasteiger partial charge in [-0.1, -0.05) is 47.7 Å². The number of amides is 1. The van der Waals surface area contributed by atoms with Crippen LogP contribution in [-0.2, 0) is 11.0 Å². The van der Waals surface area contributed by atoms with E-state index in [1.165, 1.54) is 24.1 Å². The molecule has 0 N–H and O–H groups in total. The van der Waals surface area contributed by atoms with E-state index in [0.29, 0.717) is 39.1 Å². The Bertz CT molecular complexity index is 1460. The SMILES string of the molecule is COc1ccc(N2C(=O)/C(=C\c3cccc(Oc4ccc(C(F)(F)F)cc4[N+](=O)[O-])c3)SC2=S)cc1Cl. The van der Waals surface area contributed by atoms with Crippen LogP contribution < -0.4 is 14.4 Å². The van der Waals surface area contributed by atoms with Crippen LogP contribution in [-0.4, -0.2) is 22.3 Å². The quantitative estimate of drug-likeness (QED) is 0.132. The van der Waals surface area contributed by atoms with Gasteiger partial charge in [0.15, 0.2) is 4.32 Å². The van der Waals surface area contributed by atoms with E-state index in [9.17, 15) is 28.1 Å². The summed E-state index contributed by atoms with van der Waals surface area (Å²) in [7, 11) is 1.47. The lowest BCUT2D eigenvalue weighted by atomic mass is 10.1. The van der Waals surface area contributed by atoms with Crippen LogP contribution in [0.2, 0.25) is 5.02 Å². The summed E-state index contributed by atoms with van der Waals surface area (Å²) >= 11 is 12.6. The topological polar surface area (TPSA) is 81.9 Å². The number of rotatable bonds is 6. The number of benzene rings is 3. The molecule has 0 saturated carbocycles. The van der Waals surface area contributed by atoms with E-state index in [4.69, 9.17) is 33.3 Å². The lowest BCUT2D eigenvalue weighted by molar-refractivity contribution is -0.385. The van der Waals surface area contributed by atoms with E-state index < -0.39 is 22.4 Å². The van der Waals surface area contributed by atoms with Crippen molar-refractivity contribution >= 4 is 63.3 Å². The Kier molecular flexibility index (Phi) is 7.44. The van der Waals surface area contributed by atoms with Crippen molar-refractivity contribution < 1.29 is 32.4 Å². The van der Waals surface area contributed by atoms with Crippen LogP contribution in [0.4, 0.5) is 24.5 Å². The van der Waals surface area contributed by atoms with Gasteiger partial charge in [-0.2, -0.15) is 13.2 Å². The van der Waals surface area contributed by atoms with E-state index in [2.05, 4.69) is 0 Å². The molecule has 0 spiro atoms. The number of thioether (sulfide) groups is 1. The number of carbonyl (C=O) groups is 1. The first-order chi connectivity index (χ1) is 17.5. The molecule has 0 aromatic heterocycles. The number of methoxy groups -OCH3 is 1. The summed E-state index contributed by atoms with van der Waals surface area (Å²) in [6.45, 7) is 0. The predicted octanol–water partition coefficient (Wildman–Crippen LogP) is 7.47. The first-order valence-corrected chi connectivity index (χ1v) is 11.8. The molecule has 0 atom stereocenters. The van der Waals surface area contributed by atoms with E-state index in [1.54, 1.807) is 36.4 Å². The van der Waals surface area contributed by atoms with Crippen LogP contribution in [0.25, 0.3) is 6.08 Å². The summed E-state index contributed by atoms with van der Waals surface area (Å²) in [5.41, 5.74) is -1.04. The normalized spacial score (nSPS) is 14.8. The minimum absolute atomic E-state index is 0.119. The average Bonchev–Trinajstić information content (AvgIpc) is 3.11. The van der Waals surface area contributed by atoms with Gasteiger partial charge in [-0.15, -0.1) is 0 Å². The molecule has 4 rings (SSSR count). The van der Waals surface area contributed by atoms with Crippen LogP contribution in [0, 0.1) is 10.1 Å². The predicted molar refractivity (Wildman–Crippen MR) is 138 cm³/mol. The molecule has 3 aromatic rings. The van der Waals surface area contributed by atoms with Crippen molar-refractivity contribution in [3.05, 3.63) is 91.8 Å². The van der Waals surface area contributed by atoms with E-state index in [-0.39, 0.29) is 21.7 Å². The molecule has 1 saturated heterocycles. The summed E-state index contributed by atoms with van der Waals surface area (Å²) in [6, 6.07) is 13.0. The number of halogens is 4. The van der Waals surface area contributed by atoms with Crippen molar-refractivity contribution in [2.45, 2.75) is 6.18 Å². The Hall–Kier alpha value is -3.61. The number of hydrogen-bond donors (Lipinski definition) is 0. The van der Waals surface area contributed by atoms with Crippen LogP contribution in [0.3, 0.4) is 0 Å². The maximum Gasteiger partial charge on any atom is 0.416 e. The molecule has 7 nitrogen and oxygen atoms in total. The van der Waals surface area contributed by atoms with Gasteiger partial charge in [0, 0.05) is 6.07 Å². The van der Waals surface area contributed by atoms with E-state index in [1.807, 2.05) is 0 Å². The minimum atomic E-state index is -4.74. The molecule has 0 unspecified atom stereocenters. The zero-order valence-electron chi connectivity index (χ0n) is 18.6. The number of anilines is 1. The first kappa shape index (κ1) is 26.5. The van der Waals surface area contributed by atoms with Crippen LogP contribution >= 0.6 is 35.6 Å². The van der Waals surface area contributed by atoms with Crippen molar-refractivity contribution in [1.82, 2.24) is 0 Å². The highest BCUT2D eigenvalue weighted by Crippen LogP contribution is 2.40. The Morgan fingerprint density at radius 2 is 1.84 bits per heavy atom. The summed E-state index contributed by atoms with van der Waals surface area (Å²) in [5.74, 6) is -0.190. The molecule has 0 radical (unpaired) electrons. The molecule has 1 fully saturated rings. The molecule has 190 valence electrons. The number of ether oxygens (including phenoxy) is 2. The molecule has 1 amide bonds. The highest BCUT2D eigenvalue weighted by atomic mass is 35.5. The van der Waals surface area contributed by atoms with Gasteiger partial charge in [0.2, 0.25) is 5.75 Å². The van der Waals surface area contributed by atoms with Crippen LogP contribution in [0.15, 0.2) is 65.6 Å². The van der Waals surface area contributed by atoms with Crippen molar-refractivity contribution in [3.63, 3.8) is 0 Å². The summed E-state index contributed by atoms with van der Waals surface area (Å²) in [5, 5.41) is 11.6. The third kappa shape index (κ3) is 5.71. The lowest BCUT2D eigenvalue weighted by Gasteiger charge is -2.15. The standard InChI is InChI=1S/C24H14ClF3N2O5S2/c1-34-19-8-6-15(12-17(19)25)29-22(31)21(37-23(29)36)10-13-3-2-4-16(9-13)35-20-7-5-14(24(26,27)28)11-18(20)30(32)33/h2-12H,1H3/b21-10+. The molecule has 13 heteroatoms. The van der Waals surface area contributed by atoms with Crippen molar-refractivity contribution in [2.24, 2.45) is 0 Å². The summed E-state index contributed by atoms with van der Waals surface area (Å²) in [4.78, 5) is 25.1. The summed E-state index contributed by atoms with van der Waals surface area (Å²) < 4.78 is 49.8. The fourth-order valence-electron chi connectivity index (χ4n) is 3.35. The molecule has 1 aliphatic heterocycles. The van der Waals surface area contributed by atoms with Gasteiger partial charge >= 0.3 is 11.9 Å². The molecular weight excluding hydrogens is 553 g/mol. The Morgan fingerprint density at radius 3 is 2.49 bits per heavy atom. The van der Waals surface area contributed by atoms with Gasteiger partial charge in [-0.3, -0.25) is 19.8 Å². The molecule has 0 bridgehead atoms. The monoisotopic (exact) mass is 566 g/mol. The van der Waals surface area contributed by atoms with Crippen LogP contribution in [0.1, 0.15) is 11.1 Å².